The van der Waals surface area contributed by atoms with Gasteiger partial charge >= 0.3 is 0 Å². The van der Waals surface area contributed by atoms with Crippen LogP contribution in [0.4, 0.5) is 4.39 Å². The van der Waals surface area contributed by atoms with Crippen LogP contribution in [0.3, 0.4) is 0 Å². The first-order valence-corrected chi connectivity index (χ1v) is 11.0. The van der Waals surface area contributed by atoms with Gasteiger partial charge in [0.2, 0.25) is 0 Å². The molecule has 0 radical (unpaired) electrons. The molecule has 0 unspecified atom stereocenters. The summed E-state index contributed by atoms with van der Waals surface area (Å²) in [5, 5.41) is 17.8. The summed E-state index contributed by atoms with van der Waals surface area (Å²) in [7, 11) is 0. The molecule has 2 aromatic heterocycles. The van der Waals surface area contributed by atoms with E-state index in [0.717, 1.165) is 41.1 Å². The Balaban J connectivity index is 1.45. The molecule has 1 fully saturated rings. The lowest BCUT2D eigenvalue weighted by molar-refractivity contribution is -0.0421. The van der Waals surface area contributed by atoms with Crippen molar-refractivity contribution >= 4 is 27.5 Å². The molecule has 2 aliphatic rings. The average molecular weight is 417 g/mol. The fourth-order valence-corrected chi connectivity index (χ4v) is 6.53. The Hall–Kier alpha value is -2.76. The van der Waals surface area contributed by atoms with Crippen LogP contribution in [0.2, 0.25) is 0 Å². The van der Waals surface area contributed by atoms with Crippen LogP contribution in [0.5, 0.6) is 0 Å². The van der Waals surface area contributed by atoms with E-state index in [4.69, 9.17) is 0 Å². The molecule has 0 spiro atoms. The molecule has 2 heterocycles. The van der Waals surface area contributed by atoms with Crippen LogP contribution in [0, 0.1) is 11.2 Å². The Bertz CT molecular complexity index is 1290. The number of benzene rings is 2. The highest BCUT2D eigenvalue weighted by atomic mass is 32.1. The topological polar surface area (TPSA) is 38.0 Å². The van der Waals surface area contributed by atoms with Crippen molar-refractivity contribution in [2.24, 2.45) is 5.41 Å². The van der Waals surface area contributed by atoms with Gasteiger partial charge in [-0.3, -0.25) is 0 Å². The molecule has 2 atom stereocenters. The van der Waals surface area contributed by atoms with Gasteiger partial charge in [-0.05, 0) is 72.7 Å². The van der Waals surface area contributed by atoms with Crippen LogP contribution in [0.1, 0.15) is 35.9 Å². The second kappa shape index (κ2) is 6.13. The maximum Gasteiger partial charge on any atom is 0.123 e. The number of hydrogen-bond donors (Lipinski definition) is 1. The summed E-state index contributed by atoms with van der Waals surface area (Å²) < 4.78 is 16.4. The second-order valence-electron chi connectivity index (χ2n) is 8.63. The zero-order valence-electron chi connectivity index (χ0n) is 16.6. The van der Waals surface area contributed by atoms with Crippen LogP contribution in [0.15, 0.2) is 66.4 Å². The summed E-state index contributed by atoms with van der Waals surface area (Å²) in [6.07, 6.45) is 6.40. The van der Waals surface area contributed by atoms with Gasteiger partial charge in [0.05, 0.1) is 17.6 Å². The lowest BCUT2D eigenvalue weighted by Crippen LogP contribution is -2.42. The van der Waals surface area contributed by atoms with Crippen LogP contribution in [-0.2, 0) is 12.0 Å². The molecular formula is C25H21FN2OS. The third-order valence-electron chi connectivity index (χ3n) is 7.02. The number of nitrogens with zero attached hydrogens (tertiary/aromatic N) is 2. The average Bonchev–Trinajstić information content (AvgIpc) is 3.42. The van der Waals surface area contributed by atoms with Crippen molar-refractivity contribution in [1.82, 2.24) is 9.78 Å². The number of halogens is 1. The fourth-order valence-electron chi connectivity index (χ4n) is 5.22. The SMILES string of the molecule is C[C@]12Cc3cnn(-c4ccc(F)cc4)c3C=C1CC[C@@]2(O)c1cc2ccccc2s1. The molecule has 0 amide bonds. The standard InChI is InChI=1S/C25H21FN2OS/c1-24-14-17-15-27-28(20-8-6-19(26)7-9-20)21(17)13-18(24)10-11-25(24,29)23-12-16-4-2-3-5-22(16)30-23/h2-9,12-13,15,29H,10-11,14H2,1H3/t24-,25+/m0/s1. The molecule has 0 aliphatic heterocycles. The number of aromatic nitrogens is 2. The van der Waals surface area contributed by atoms with Gasteiger partial charge in [0.25, 0.3) is 0 Å². The van der Waals surface area contributed by atoms with E-state index in [1.807, 2.05) is 23.0 Å². The molecule has 2 aromatic carbocycles. The number of hydrogen-bond acceptors (Lipinski definition) is 3. The van der Waals surface area contributed by atoms with E-state index in [9.17, 15) is 9.50 Å². The highest BCUT2D eigenvalue weighted by molar-refractivity contribution is 7.19. The number of rotatable bonds is 2. The minimum absolute atomic E-state index is 0.255. The highest BCUT2D eigenvalue weighted by Crippen LogP contribution is 2.60. The molecule has 3 nitrogen and oxygen atoms in total. The minimum Gasteiger partial charge on any atom is -0.383 e. The van der Waals surface area contributed by atoms with Crippen molar-refractivity contribution in [1.29, 1.82) is 0 Å². The monoisotopic (exact) mass is 416 g/mol. The largest absolute Gasteiger partial charge is 0.383 e. The summed E-state index contributed by atoms with van der Waals surface area (Å²) in [4.78, 5) is 1.05. The Kier molecular flexibility index (Phi) is 3.68. The Morgan fingerprint density at radius 1 is 1.13 bits per heavy atom. The molecule has 0 bridgehead atoms. The van der Waals surface area contributed by atoms with E-state index in [-0.39, 0.29) is 11.2 Å². The molecule has 1 saturated carbocycles. The first-order chi connectivity index (χ1) is 14.5. The van der Waals surface area contributed by atoms with E-state index < -0.39 is 5.60 Å². The van der Waals surface area contributed by atoms with E-state index in [1.165, 1.54) is 27.8 Å². The molecular weight excluding hydrogens is 395 g/mol. The van der Waals surface area contributed by atoms with E-state index in [0.29, 0.717) is 0 Å². The van der Waals surface area contributed by atoms with Crippen LogP contribution in [0.25, 0.3) is 21.8 Å². The van der Waals surface area contributed by atoms with Crippen LogP contribution < -0.4 is 0 Å². The molecule has 4 aromatic rings. The zero-order chi connectivity index (χ0) is 20.5. The van der Waals surface area contributed by atoms with Gasteiger partial charge in [0.15, 0.2) is 0 Å². The molecule has 5 heteroatoms. The van der Waals surface area contributed by atoms with Gasteiger partial charge in [0, 0.05) is 15.0 Å². The maximum absolute atomic E-state index is 13.3. The van der Waals surface area contributed by atoms with Gasteiger partial charge in [-0.2, -0.15) is 5.10 Å². The molecule has 30 heavy (non-hydrogen) atoms. The number of thiophene rings is 1. The molecule has 6 rings (SSSR count). The van der Waals surface area contributed by atoms with Crippen molar-refractivity contribution in [2.75, 3.05) is 0 Å². The minimum atomic E-state index is -0.891. The summed E-state index contributed by atoms with van der Waals surface area (Å²) in [6, 6.07) is 16.9. The number of fused-ring (bicyclic) bond motifs is 3. The van der Waals surface area contributed by atoms with Crippen LogP contribution in [-0.4, -0.2) is 14.9 Å². The lowest BCUT2D eigenvalue weighted by atomic mass is 9.67. The van der Waals surface area contributed by atoms with Crippen molar-refractivity contribution < 1.29 is 9.50 Å². The third kappa shape index (κ3) is 2.36. The second-order valence-corrected chi connectivity index (χ2v) is 9.71. The first-order valence-electron chi connectivity index (χ1n) is 10.2. The predicted molar refractivity (Wildman–Crippen MR) is 118 cm³/mol. The summed E-state index contributed by atoms with van der Waals surface area (Å²) in [6.45, 7) is 2.19. The Morgan fingerprint density at radius 2 is 1.93 bits per heavy atom. The first kappa shape index (κ1) is 18.0. The quantitative estimate of drug-likeness (QED) is 0.445. The molecule has 2 aliphatic carbocycles. The lowest BCUT2D eigenvalue weighted by Gasteiger charge is -2.41. The summed E-state index contributed by atoms with van der Waals surface area (Å²) >= 11 is 1.70. The number of aliphatic hydroxyl groups is 1. The Morgan fingerprint density at radius 3 is 2.73 bits per heavy atom. The predicted octanol–water partition coefficient (Wildman–Crippen LogP) is 5.85. The highest BCUT2D eigenvalue weighted by Gasteiger charge is 2.56. The molecule has 0 saturated heterocycles. The van der Waals surface area contributed by atoms with Gasteiger partial charge < -0.3 is 5.11 Å². The molecule has 150 valence electrons. The van der Waals surface area contributed by atoms with Gasteiger partial charge in [-0.15, -0.1) is 11.3 Å². The van der Waals surface area contributed by atoms with Crippen molar-refractivity contribution in [3.05, 3.63) is 88.3 Å². The van der Waals surface area contributed by atoms with Gasteiger partial charge in [0.1, 0.15) is 11.4 Å². The van der Waals surface area contributed by atoms with Gasteiger partial charge in [-0.1, -0.05) is 30.7 Å². The summed E-state index contributed by atoms with van der Waals surface area (Å²) in [5.74, 6) is -0.255. The van der Waals surface area contributed by atoms with Crippen molar-refractivity contribution in [3.8, 4) is 5.69 Å². The zero-order valence-corrected chi connectivity index (χ0v) is 17.4. The summed E-state index contributed by atoms with van der Waals surface area (Å²) in [5.41, 5.74) is 3.01. The van der Waals surface area contributed by atoms with Crippen molar-refractivity contribution in [2.45, 2.75) is 31.8 Å². The van der Waals surface area contributed by atoms with Gasteiger partial charge in [-0.25, -0.2) is 9.07 Å². The van der Waals surface area contributed by atoms with E-state index >= 15 is 0 Å². The van der Waals surface area contributed by atoms with E-state index in [2.05, 4.69) is 36.3 Å². The smallest absolute Gasteiger partial charge is 0.123 e. The maximum atomic E-state index is 13.3. The fraction of sp³-hybridized carbons (Fsp3) is 0.240. The van der Waals surface area contributed by atoms with Crippen molar-refractivity contribution in [3.63, 3.8) is 0 Å². The Labute approximate surface area is 178 Å². The molecule has 1 N–H and O–H groups in total. The third-order valence-corrected chi connectivity index (χ3v) is 8.29. The van der Waals surface area contributed by atoms with Crippen LogP contribution >= 0.6 is 11.3 Å². The van der Waals surface area contributed by atoms with E-state index in [1.54, 1.807) is 23.5 Å². The normalized spacial score (nSPS) is 25.2.